The van der Waals surface area contributed by atoms with Gasteiger partial charge in [0, 0.05) is 30.8 Å². The minimum Gasteiger partial charge on any atom is -0.310 e. The highest BCUT2D eigenvalue weighted by molar-refractivity contribution is 5.99. The second kappa shape index (κ2) is 11.3. The van der Waals surface area contributed by atoms with Crippen molar-refractivity contribution >= 4 is 11.1 Å². The predicted molar refractivity (Wildman–Crippen MR) is 148 cm³/mol. The lowest BCUT2D eigenvalue weighted by Crippen LogP contribution is -2.27. The summed E-state index contributed by atoms with van der Waals surface area (Å²) in [7, 11) is 0. The number of nitrogens with one attached hydrogen (secondary N) is 1. The number of halogens is 1. The second-order valence-corrected chi connectivity index (χ2v) is 11.4. The minimum atomic E-state index is -0.419. The van der Waals surface area contributed by atoms with Gasteiger partial charge in [-0.3, -0.25) is 4.98 Å². The molecule has 0 radical (unpaired) electrons. The average molecular weight is 485 g/mol. The topological polar surface area (TPSA) is 24.9 Å². The van der Waals surface area contributed by atoms with Gasteiger partial charge >= 0.3 is 0 Å². The Morgan fingerprint density at radius 1 is 1.11 bits per heavy atom. The van der Waals surface area contributed by atoms with Crippen LogP contribution in [0.1, 0.15) is 106 Å². The molecule has 3 unspecified atom stereocenters. The highest BCUT2D eigenvalue weighted by atomic mass is 19.1. The molecule has 1 aromatic heterocycles. The van der Waals surface area contributed by atoms with E-state index in [4.69, 9.17) is 4.98 Å². The third kappa shape index (κ3) is 5.45. The molecule has 1 heterocycles. The van der Waals surface area contributed by atoms with E-state index in [0.717, 1.165) is 54.5 Å². The minimum absolute atomic E-state index is 0.379. The summed E-state index contributed by atoms with van der Waals surface area (Å²) in [5, 5.41) is 3.67. The predicted octanol–water partition coefficient (Wildman–Crippen LogP) is 8.08. The summed E-state index contributed by atoms with van der Waals surface area (Å²) < 4.78 is 13.7. The Labute approximate surface area is 217 Å². The average Bonchev–Trinajstić information content (AvgIpc) is 3.73. The van der Waals surface area contributed by atoms with E-state index in [1.54, 1.807) is 0 Å². The zero-order valence-electron chi connectivity index (χ0n) is 22.2. The summed E-state index contributed by atoms with van der Waals surface area (Å²) in [5.74, 6) is 9.50. The zero-order chi connectivity index (χ0) is 25.1. The summed E-state index contributed by atoms with van der Waals surface area (Å²) in [6, 6.07) is 11.2. The van der Waals surface area contributed by atoms with Gasteiger partial charge in [-0.1, -0.05) is 69.2 Å². The molecule has 1 aromatic carbocycles. The van der Waals surface area contributed by atoms with Gasteiger partial charge in [-0.25, -0.2) is 4.39 Å². The van der Waals surface area contributed by atoms with Crippen molar-refractivity contribution in [1.82, 2.24) is 10.3 Å². The monoisotopic (exact) mass is 484 g/mol. The van der Waals surface area contributed by atoms with Crippen LogP contribution in [0.15, 0.2) is 36.5 Å². The van der Waals surface area contributed by atoms with Crippen molar-refractivity contribution in [3.05, 3.63) is 64.5 Å². The molecule has 2 fully saturated rings. The van der Waals surface area contributed by atoms with Crippen LogP contribution in [0.5, 0.6) is 0 Å². The molecule has 2 aromatic rings. The molecule has 0 bridgehead atoms. The van der Waals surface area contributed by atoms with Crippen molar-refractivity contribution in [3.8, 4) is 11.8 Å². The van der Waals surface area contributed by atoms with Crippen molar-refractivity contribution in [2.24, 2.45) is 17.8 Å². The molecule has 0 spiro atoms. The Balaban J connectivity index is 1.54. The molecule has 3 aliphatic rings. The van der Waals surface area contributed by atoms with Gasteiger partial charge in [0.05, 0.1) is 5.69 Å². The van der Waals surface area contributed by atoms with Gasteiger partial charge < -0.3 is 5.32 Å². The summed E-state index contributed by atoms with van der Waals surface area (Å²) in [5.41, 5.74) is 7.90. The number of aromatic nitrogens is 1. The van der Waals surface area contributed by atoms with Gasteiger partial charge in [-0.05, 0) is 90.2 Å². The Kier molecular flexibility index (Phi) is 7.92. The molecule has 3 aliphatic carbocycles. The van der Waals surface area contributed by atoms with Crippen molar-refractivity contribution in [3.63, 3.8) is 0 Å². The highest BCUT2D eigenvalue weighted by Gasteiger charge is 2.37. The fourth-order valence-electron chi connectivity index (χ4n) is 6.05. The largest absolute Gasteiger partial charge is 0.310 e. The molecule has 0 aliphatic heterocycles. The molecular weight excluding hydrogens is 443 g/mol. The number of alkyl halides is 1. The lowest BCUT2D eigenvalue weighted by molar-refractivity contribution is 0.186. The van der Waals surface area contributed by atoms with Crippen LogP contribution in [-0.4, -0.2) is 11.0 Å². The maximum Gasteiger partial charge on any atom is 0.115 e. The van der Waals surface area contributed by atoms with Crippen molar-refractivity contribution in [2.45, 2.75) is 97.3 Å². The Morgan fingerprint density at radius 2 is 1.92 bits per heavy atom. The summed E-state index contributed by atoms with van der Waals surface area (Å²) in [6.45, 7) is 7.27. The molecule has 5 rings (SSSR count). The van der Waals surface area contributed by atoms with E-state index < -0.39 is 6.67 Å². The SMILES string of the molecule is CCCC#CC1=C(c2ccc(CNC(C)C3CC3)cn2)CC(C2CCC2)C(C)c2cc(CF)ccc21. The maximum atomic E-state index is 13.7. The van der Waals surface area contributed by atoms with Gasteiger partial charge in [-0.15, -0.1) is 0 Å². The number of benzene rings is 1. The van der Waals surface area contributed by atoms with Crippen molar-refractivity contribution in [1.29, 1.82) is 0 Å². The molecular formula is C33H41FN2. The van der Waals surface area contributed by atoms with E-state index in [9.17, 15) is 4.39 Å². The molecule has 190 valence electrons. The van der Waals surface area contributed by atoms with E-state index in [0.29, 0.717) is 17.9 Å². The number of nitrogens with zero attached hydrogens (tertiary/aromatic N) is 1. The van der Waals surface area contributed by atoms with Gasteiger partial charge in [-0.2, -0.15) is 0 Å². The van der Waals surface area contributed by atoms with Crippen LogP contribution in [-0.2, 0) is 13.2 Å². The highest BCUT2D eigenvalue weighted by Crippen LogP contribution is 2.50. The lowest BCUT2D eigenvalue weighted by atomic mass is 9.67. The van der Waals surface area contributed by atoms with Crippen molar-refractivity contribution < 1.29 is 4.39 Å². The molecule has 2 saturated carbocycles. The first kappa shape index (κ1) is 25.2. The van der Waals surface area contributed by atoms with E-state index in [-0.39, 0.29) is 0 Å². The van der Waals surface area contributed by atoms with Crippen LogP contribution in [0.4, 0.5) is 4.39 Å². The fraction of sp³-hybridized carbons (Fsp3) is 0.545. The summed E-state index contributed by atoms with van der Waals surface area (Å²) >= 11 is 0. The van der Waals surface area contributed by atoms with Gasteiger partial charge in [0.15, 0.2) is 0 Å². The first-order chi connectivity index (χ1) is 17.6. The van der Waals surface area contributed by atoms with E-state index in [2.05, 4.69) is 62.2 Å². The number of rotatable bonds is 8. The van der Waals surface area contributed by atoms with Crippen LogP contribution in [0, 0.1) is 29.6 Å². The van der Waals surface area contributed by atoms with E-state index in [1.807, 2.05) is 12.3 Å². The number of hydrogen-bond donors (Lipinski definition) is 1. The van der Waals surface area contributed by atoms with Crippen LogP contribution < -0.4 is 5.32 Å². The third-order valence-electron chi connectivity index (χ3n) is 8.85. The number of allylic oxidation sites excluding steroid dienone is 2. The smallest absolute Gasteiger partial charge is 0.115 e. The normalized spacial score (nSPS) is 22.8. The van der Waals surface area contributed by atoms with Crippen LogP contribution >= 0.6 is 0 Å². The number of unbranched alkanes of at least 4 members (excludes halogenated alkanes) is 1. The van der Waals surface area contributed by atoms with Crippen molar-refractivity contribution in [2.75, 3.05) is 0 Å². The van der Waals surface area contributed by atoms with Crippen LogP contribution in [0.3, 0.4) is 0 Å². The lowest BCUT2D eigenvalue weighted by Gasteiger charge is -2.37. The maximum absolute atomic E-state index is 13.7. The fourth-order valence-corrected chi connectivity index (χ4v) is 6.05. The zero-order valence-corrected chi connectivity index (χ0v) is 22.2. The molecule has 0 saturated heterocycles. The van der Waals surface area contributed by atoms with Gasteiger partial charge in [0.25, 0.3) is 0 Å². The molecule has 1 N–H and O–H groups in total. The standard InChI is InChI=1S/C33H41FN2/c1-4-5-6-10-28-29-15-11-24(19-34)17-31(29)22(2)30(27-8-7-9-27)18-32(28)33-16-12-25(21-36-33)20-35-23(3)26-13-14-26/h11-12,15-17,21-23,26-27,30,35H,4-5,7-9,13-14,18-20H2,1-3H3. The number of pyridine rings is 1. The van der Waals surface area contributed by atoms with Gasteiger partial charge in [0.1, 0.15) is 6.67 Å². The summed E-state index contributed by atoms with van der Waals surface area (Å²) in [4.78, 5) is 5.00. The van der Waals surface area contributed by atoms with Crippen LogP contribution in [0.2, 0.25) is 0 Å². The van der Waals surface area contributed by atoms with E-state index >= 15 is 0 Å². The quantitative estimate of drug-likeness (QED) is 0.383. The Bertz CT molecular complexity index is 1140. The van der Waals surface area contributed by atoms with Crippen LogP contribution in [0.25, 0.3) is 11.1 Å². The van der Waals surface area contributed by atoms with E-state index in [1.165, 1.54) is 54.4 Å². The second-order valence-electron chi connectivity index (χ2n) is 11.4. The molecule has 0 amide bonds. The Hall–Kier alpha value is -2.44. The molecule has 2 nitrogen and oxygen atoms in total. The third-order valence-corrected chi connectivity index (χ3v) is 8.85. The van der Waals surface area contributed by atoms with Gasteiger partial charge in [0.2, 0.25) is 0 Å². The molecule has 3 heteroatoms. The molecule has 3 atom stereocenters. The first-order valence-corrected chi connectivity index (χ1v) is 14.2. The first-order valence-electron chi connectivity index (χ1n) is 14.2. The summed E-state index contributed by atoms with van der Waals surface area (Å²) in [6.07, 6.45) is 11.6. The Morgan fingerprint density at radius 3 is 2.56 bits per heavy atom. The number of hydrogen-bond acceptors (Lipinski definition) is 2. The number of fused-ring (bicyclic) bond motifs is 1. The molecule has 36 heavy (non-hydrogen) atoms.